The zero-order valence-electron chi connectivity index (χ0n) is 9.43. The van der Waals surface area contributed by atoms with Gasteiger partial charge in [-0.1, -0.05) is 18.2 Å². The molecule has 0 amide bonds. The molecule has 1 heterocycles. The van der Waals surface area contributed by atoms with Crippen LogP contribution >= 0.6 is 11.8 Å². The average molecular weight is 248 g/mol. The van der Waals surface area contributed by atoms with Crippen LogP contribution in [0.15, 0.2) is 47.6 Å². The highest BCUT2D eigenvalue weighted by Gasteiger charge is 2.13. The summed E-state index contributed by atoms with van der Waals surface area (Å²) >= 11 is 1.63. The Morgan fingerprint density at radius 1 is 1.29 bits per heavy atom. The molecule has 17 heavy (non-hydrogen) atoms. The summed E-state index contributed by atoms with van der Waals surface area (Å²) in [6.45, 7) is 0. The Bertz CT molecular complexity index is 516. The van der Waals surface area contributed by atoms with Gasteiger partial charge in [0.05, 0.1) is 12.2 Å². The Labute approximate surface area is 104 Å². The first kappa shape index (κ1) is 12.1. The molecule has 0 saturated heterocycles. The molecule has 1 aromatic carbocycles. The molecule has 0 aliphatic carbocycles. The molecule has 4 heteroatoms. The topological polar surface area (TPSA) is 38.9 Å². The van der Waals surface area contributed by atoms with E-state index in [-0.39, 0.29) is 11.9 Å². The van der Waals surface area contributed by atoms with Crippen LogP contribution in [0.5, 0.6) is 0 Å². The molecule has 0 fully saturated rings. The third-order valence-corrected chi connectivity index (χ3v) is 3.37. The van der Waals surface area contributed by atoms with E-state index in [0.29, 0.717) is 5.56 Å². The monoisotopic (exact) mass is 248 g/mol. The van der Waals surface area contributed by atoms with Gasteiger partial charge >= 0.3 is 0 Å². The lowest BCUT2D eigenvalue weighted by atomic mass is 10.0. The zero-order chi connectivity index (χ0) is 12.3. The van der Waals surface area contributed by atoms with Gasteiger partial charge in [0.25, 0.3) is 0 Å². The Balaban J connectivity index is 2.40. The van der Waals surface area contributed by atoms with Crippen molar-refractivity contribution in [2.45, 2.75) is 10.9 Å². The SMILES string of the molecule is CSc1ccccc1C(N)c1cncc(F)c1. The predicted octanol–water partition coefficient (Wildman–Crippen LogP) is 2.99. The van der Waals surface area contributed by atoms with Crippen LogP contribution in [0.4, 0.5) is 4.39 Å². The first-order valence-corrected chi connectivity index (χ1v) is 6.44. The third-order valence-electron chi connectivity index (χ3n) is 2.56. The van der Waals surface area contributed by atoms with Gasteiger partial charge in [-0.25, -0.2) is 4.39 Å². The number of aromatic nitrogens is 1. The molecule has 1 atom stereocenters. The molecule has 0 aliphatic heterocycles. The second-order valence-corrected chi connectivity index (χ2v) is 4.50. The fourth-order valence-corrected chi connectivity index (χ4v) is 2.35. The highest BCUT2D eigenvalue weighted by atomic mass is 32.2. The van der Waals surface area contributed by atoms with Crippen molar-refractivity contribution >= 4 is 11.8 Å². The third kappa shape index (κ3) is 2.65. The summed E-state index contributed by atoms with van der Waals surface area (Å²) in [6, 6.07) is 8.94. The van der Waals surface area contributed by atoms with Crippen molar-refractivity contribution < 1.29 is 4.39 Å². The van der Waals surface area contributed by atoms with E-state index in [1.807, 2.05) is 30.5 Å². The predicted molar refractivity (Wildman–Crippen MR) is 68.4 cm³/mol. The van der Waals surface area contributed by atoms with Gasteiger partial charge < -0.3 is 5.73 Å². The summed E-state index contributed by atoms with van der Waals surface area (Å²) in [4.78, 5) is 4.93. The summed E-state index contributed by atoms with van der Waals surface area (Å²) in [7, 11) is 0. The first-order valence-electron chi connectivity index (χ1n) is 5.21. The zero-order valence-corrected chi connectivity index (χ0v) is 10.2. The van der Waals surface area contributed by atoms with Gasteiger partial charge in [-0.05, 0) is 29.5 Å². The van der Waals surface area contributed by atoms with Crippen molar-refractivity contribution in [2.75, 3.05) is 6.26 Å². The number of nitrogens with zero attached hydrogens (tertiary/aromatic N) is 1. The van der Waals surface area contributed by atoms with Gasteiger partial charge in [0.2, 0.25) is 0 Å². The lowest BCUT2D eigenvalue weighted by molar-refractivity contribution is 0.616. The maximum absolute atomic E-state index is 13.1. The molecule has 88 valence electrons. The van der Waals surface area contributed by atoms with Gasteiger partial charge in [-0.2, -0.15) is 0 Å². The molecule has 2 N–H and O–H groups in total. The number of rotatable bonds is 3. The summed E-state index contributed by atoms with van der Waals surface area (Å²) in [6.07, 6.45) is 4.77. The highest BCUT2D eigenvalue weighted by Crippen LogP contribution is 2.28. The molecular weight excluding hydrogens is 235 g/mol. The molecule has 1 unspecified atom stereocenters. The van der Waals surface area contributed by atoms with E-state index in [1.54, 1.807) is 18.0 Å². The Morgan fingerprint density at radius 2 is 2.06 bits per heavy atom. The van der Waals surface area contributed by atoms with Crippen LogP contribution < -0.4 is 5.73 Å². The first-order chi connectivity index (χ1) is 8.22. The Kier molecular flexibility index (Phi) is 3.76. The maximum Gasteiger partial charge on any atom is 0.141 e. The molecule has 0 aliphatic rings. The Morgan fingerprint density at radius 3 is 2.76 bits per heavy atom. The van der Waals surface area contributed by atoms with Crippen LogP contribution in [-0.4, -0.2) is 11.2 Å². The number of hydrogen-bond acceptors (Lipinski definition) is 3. The average Bonchev–Trinajstić information content (AvgIpc) is 2.38. The van der Waals surface area contributed by atoms with E-state index in [0.717, 1.165) is 10.5 Å². The highest BCUT2D eigenvalue weighted by molar-refractivity contribution is 7.98. The summed E-state index contributed by atoms with van der Waals surface area (Å²) in [5.41, 5.74) is 7.82. The normalized spacial score (nSPS) is 12.4. The number of thioether (sulfide) groups is 1. The molecule has 2 nitrogen and oxygen atoms in total. The summed E-state index contributed by atoms with van der Waals surface area (Å²) in [5.74, 6) is -0.361. The summed E-state index contributed by atoms with van der Waals surface area (Å²) in [5, 5.41) is 0. The van der Waals surface area contributed by atoms with Crippen LogP contribution in [0.25, 0.3) is 0 Å². The van der Waals surface area contributed by atoms with Gasteiger partial charge in [-0.15, -0.1) is 11.8 Å². The molecule has 0 spiro atoms. The van der Waals surface area contributed by atoms with Crippen molar-refractivity contribution in [3.8, 4) is 0 Å². The standard InChI is InChI=1S/C13H13FN2S/c1-17-12-5-3-2-4-11(12)13(15)9-6-10(14)8-16-7-9/h2-8,13H,15H2,1H3. The van der Waals surface area contributed by atoms with Crippen LogP contribution in [0.3, 0.4) is 0 Å². The number of halogens is 1. The van der Waals surface area contributed by atoms with Crippen molar-refractivity contribution in [1.29, 1.82) is 0 Å². The number of hydrogen-bond donors (Lipinski definition) is 1. The summed E-state index contributed by atoms with van der Waals surface area (Å²) < 4.78 is 13.1. The van der Waals surface area contributed by atoms with Crippen molar-refractivity contribution in [3.05, 3.63) is 59.7 Å². The quantitative estimate of drug-likeness (QED) is 0.849. The smallest absolute Gasteiger partial charge is 0.141 e. The lowest BCUT2D eigenvalue weighted by Gasteiger charge is -2.15. The second kappa shape index (κ2) is 5.29. The van der Waals surface area contributed by atoms with Gasteiger partial charge in [0, 0.05) is 11.1 Å². The molecule has 2 aromatic rings. The van der Waals surface area contributed by atoms with Crippen molar-refractivity contribution in [1.82, 2.24) is 4.98 Å². The Hall–Kier alpha value is -1.39. The van der Waals surface area contributed by atoms with E-state index in [9.17, 15) is 4.39 Å². The molecule has 1 aromatic heterocycles. The second-order valence-electron chi connectivity index (χ2n) is 3.66. The van der Waals surface area contributed by atoms with E-state index in [2.05, 4.69) is 4.98 Å². The van der Waals surface area contributed by atoms with E-state index in [4.69, 9.17) is 5.73 Å². The molecular formula is C13H13FN2S. The van der Waals surface area contributed by atoms with Crippen LogP contribution in [-0.2, 0) is 0 Å². The minimum atomic E-state index is -0.361. The minimum absolute atomic E-state index is 0.346. The molecule has 0 bridgehead atoms. The largest absolute Gasteiger partial charge is 0.320 e. The van der Waals surface area contributed by atoms with Crippen LogP contribution in [0.2, 0.25) is 0 Å². The van der Waals surface area contributed by atoms with Gasteiger partial charge in [-0.3, -0.25) is 4.98 Å². The fraction of sp³-hybridized carbons (Fsp3) is 0.154. The van der Waals surface area contributed by atoms with Crippen LogP contribution in [0.1, 0.15) is 17.2 Å². The number of pyridine rings is 1. The molecule has 0 radical (unpaired) electrons. The number of benzene rings is 1. The molecule has 0 saturated carbocycles. The fourth-order valence-electron chi connectivity index (χ4n) is 1.70. The van der Waals surface area contributed by atoms with E-state index in [1.165, 1.54) is 12.3 Å². The molecule has 2 rings (SSSR count). The van der Waals surface area contributed by atoms with E-state index < -0.39 is 0 Å². The van der Waals surface area contributed by atoms with E-state index >= 15 is 0 Å². The minimum Gasteiger partial charge on any atom is -0.320 e. The number of nitrogens with two attached hydrogens (primary N) is 1. The van der Waals surface area contributed by atoms with Gasteiger partial charge in [0.1, 0.15) is 5.82 Å². The van der Waals surface area contributed by atoms with Crippen molar-refractivity contribution in [2.24, 2.45) is 5.73 Å². The van der Waals surface area contributed by atoms with Crippen LogP contribution in [0, 0.1) is 5.82 Å². The maximum atomic E-state index is 13.1. The van der Waals surface area contributed by atoms with Gasteiger partial charge in [0.15, 0.2) is 0 Å². The lowest BCUT2D eigenvalue weighted by Crippen LogP contribution is -2.13. The van der Waals surface area contributed by atoms with Crippen molar-refractivity contribution in [3.63, 3.8) is 0 Å².